The largest absolute Gasteiger partial charge is 0.398 e. The summed E-state index contributed by atoms with van der Waals surface area (Å²) in [4.78, 5) is 1.17. The van der Waals surface area contributed by atoms with Crippen molar-refractivity contribution < 1.29 is 5.11 Å². The summed E-state index contributed by atoms with van der Waals surface area (Å²) in [5.41, 5.74) is 7.26. The molecule has 78 valence electrons. The van der Waals surface area contributed by atoms with Crippen molar-refractivity contribution in [1.29, 1.82) is 0 Å². The van der Waals surface area contributed by atoms with Crippen LogP contribution in [0.2, 0.25) is 0 Å². The molecule has 2 aromatic rings. The van der Waals surface area contributed by atoms with Gasteiger partial charge in [0.15, 0.2) is 0 Å². The first-order valence-electron chi connectivity index (χ1n) is 4.82. The molecule has 0 aliphatic carbocycles. The molecule has 0 bridgehead atoms. The molecule has 0 saturated carbocycles. The van der Waals surface area contributed by atoms with Gasteiger partial charge in [0.05, 0.1) is 6.10 Å². The first kappa shape index (κ1) is 10.2. The molecular weight excluding hydrogens is 206 g/mol. The number of thiophene rings is 1. The summed E-state index contributed by atoms with van der Waals surface area (Å²) >= 11 is 1.65. The van der Waals surface area contributed by atoms with Crippen molar-refractivity contribution in [2.45, 2.75) is 12.5 Å². The predicted molar refractivity (Wildman–Crippen MR) is 63.8 cm³/mol. The van der Waals surface area contributed by atoms with Crippen molar-refractivity contribution >= 4 is 17.0 Å². The van der Waals surface area contributed by atoms with Gasteiger partial charge in [-0.2, -0.15) is 0 Å². The van der Waals surface area contributed by atoms with E-state index < -0.39 is 6.10 Å². The molecule has 0 fully saturated rings. The molecule has 3 heteroatoms. The third kappa shape index (κ3) is 2.37. The van der Waals surface area contributed by atoms with Crippen LogP contribution in [0.1, 0.15) is 16.5 Å². The Kier molecular flexibility index (Phi) is 3.04. The van der Waals surface area contributed by atoms with Crippen LogP contribution < -0.4 is 5.73 Å². The zero-order valence-electron chi connectivity index (χ0n) is 8.26. The molecule has 2 rings (SSSR count). The molecule has 3 N–H and O–H groups in total. The van der Waals surface area contributed by atoms with E-state index in [1.807, 2.05) is 41.8 Å². The van der Waals surface area contributed by atoms with E-state index in [1.165, 1.54) is 4.88 Å². The fourth-order valence-electron chi connectivity index (χ4n) is 1.54. The number of hydrogen-bond donors (Lipinski definition) is 2. The van der Waals surface area contributed by atoms with Gasteiger partial charge in [0.1, 0.15) is 0 Å². The van der Waals surface area contributed by atoms with Crippen LogP contribution in [0, 0.1) is 0 Å². The van der Waals surface area contributed by atoms with E-state index in [1.54, 1.807) is 11.3 Å². The monoisotopic (exact) mass is 219 g/mol. The van der Waals surface area contributed by atoms with E-state index in [0.29, 0.717) is 12.1 Å². The normalized spacial score (nSPS) is 12.6. The lowest BCUT2D eigenvalue weighted by Gasteiger charge is -2.11. The Morgan fingerprint density at radius 3 is 2.67 bits per heavy atom. The lowest BCUT2D eigenvalue weighted by Crippen LogP contribution is -2.04. The highest BCUT2D eigenvalue weighted by Crippen LogP contribution is 2.24. The minimum Gasteiger partial charge on any atom is -0.398 e. The Morgan fingerprint density at radius 2 is 2.00 bits per heavy atom. The average molecular weight is 219 g/mol. The molecular formula is C12H13NOS. The molecule has 15 heavy (non-hydrogen) atoms. The minimum absolute atomic E-state index is 0.509. The van der Waals surface area contributed by atoms with Crippen molar-refractivity contribution in [3.63, 3.8) is 0 Å². The molecule has 1 aromatic carbocycles. The van der Waals surface area contributed by atoms with Gasteiger partial charge in [-0.25, -0.2) is 0 Å². The molecule has 1 aromatic heterocycles. The Hall–Kier alpha value is -1.32. The zero-order valence-corrected chi connectivity index (χ0v) is 9.08. The molecule has 0 spiro atoms. The highest BCUT2D eigenvalue weighted by Gasteiger charge is 2.11. The maximum Gasteiger partial charge on any atom is 0.0858 e. The van der Waals surface area contributed by atoms with Crippen LogP contribution in [0.3, 0.4) is 0 Å². The van der Waals surface area contributed by atoms with Gasteiger partial charge < -0.3 is 10.8 Å². The number of para-hydroxylation sites is 1. The second-order valence-corrected chi connectivity index (χ2v) is 4.46. The van der Waals surface area contributed by atoms with Crippen molar-refractivity contribution in [3.05, 3.63) is 52.2 Å². The molecule has 1 unspecified atom stereocenters. The SMILES string of the molecule is Nc1ccccc1C(O)Cc1cccs1. The highest BCUT2D eigenvalue weighted by molar-refractivity contribution is 7.09. The fourth-order valence-corrected chi connectivity index (χ4v) is 2.29. The van der Waals surface area contributed by atoms with Gasteiger partial charge >= 0.3 is 0 Å². The number of aliphatic hydroxyl groups is 1. The topological polar surface area (TPSA) is 46.2 Å². The first-order valence-corrected chi connectivity index (χ1v) is 5.70. The molecule has 1 atom stereocenters. The number of hydrogen-bond acceptors (Lipinski definition) is 3. The van der Waals surface area contributed by atoms with E-state index >= 15 is 0 Å². The number of nitrogens with two attached hydrogens (primary N) is 1. The predicted octanol–water partition coefficient (Wildman–Crippen LogP) is 2.61. The molecule has 0 aliphatic heterocycles. The maximum atomic E-state index is 10.00. The molecule has 1 heterocycles. The first-order chi connectivity index (χ1) is 7.27. The summed E-state index contributed by atoms with van der Waals surface area (Å²) in [5, 5.41) is 12.0. The van der Waals surface area contributed by atoms with E-state index in [2.05, 4.69) is 0 Å². The smallest absolute Gasteiger partial charge is 0.0858 e. The van der Waals surface area contributed by atoms with Crippen LogP contribution in [0.4, 0.5) is 5.69 Å². The standard InChI is InChI=1S/C12H13NOS/c13-11-6-2-1-5-10(11)12(14)8-9-4-3-7-15-9/h1-7,12,14H,8,13H2. The average Bonchev–Trinajstić information content (AvgIpc) is 2.71. The second-order valence-electron chi connectivity index (χ2n) is 3.43. The van der Waals surface area contributed by atoms with Gasteiger partial charge in [0.2, 0.25) is 0 Å². The van der Waals surface area contributed by atoms with Gasteiger partial charge in [-0.15, -0.1) is 11.3 Å². The van der Waals surface area contributed by atoms with Crippen LogP contribution in [-0.4, -0.2) is 5.11 Å². The van der Waals surface area contributed by atoms with Crippen molar-refractivity contribution in [3.8, 4) is 0 Å². The Labute approximate surface area is 93.0 Å². The number of aliphatic hydroxyl groups excluding tert-OH is 1. The van der Waals surface area contributed by atoms with E-state index in [9.17, 15) is 5.11 Å². The van der Waals surface area contributed by atoms with E-state index in [4.69, 9.17) is 5.73 Å². The van der Waals surface area contributed by atoms with Gasteiger partial charge in [-0.3, -0.25) is 0 Å². The van der Waals surface area contributed by atoms with Crippen LogP contribution >= 0.6 is 11.3 Å². The number of rotatable bonds is 3. The highest BCUT2D eigenvalue weighted by atomic mass is 32.1. The summed E-state index contributed by atoms with van der Waals surface area (Å²) in [7, 11) is 0. The van der Waals surface area contributed by atoms with Crippen molar-refractivity contribution in [2.75, 3.05) is 5.73 Å². The van der Waals surface area contributed by atoms with Crippen LogP contribution in [0.5, 0.6) is 0 Å². The molecule has 0 aliphatic rings. The van der Waals surface area contributed by atoms with Crippen LogP contribution in [-0.2, 0) is 6.42 Å². The second kappa shape index (κ2) is 4.47. The molecule has 2 nitrogen and oxygen atoms in total. The zero-order chi connectivity index (χ0) is 10.7. The fraction of sp³-hybridized carbons (Fsp3) is 0.167. The Balaban J connectivity index is 2.15. The third-order valence-electron chi connectivity index (χ3n) is 2.33. The van der Waals surface area contributed by atoms with Gasteiger partial charge in [0.25, 0.3) is 0 Å². The summed E-state index contributed by atoms with van der Waals surface area (Å²) in [6.45, 7) is 0. The number of nitrogen functional groups attached to an aromatic ring is 1. The quantitative estimate of drug-likeness (QED) is 0.779. The van der Waals surface area contributed by atoms with E-state index in [-0.39, 0.29) is 0 Å². The Morgan fingerprint density at radius 1 is 1.20 bits per heavy atom. The van der Waals surface area contributed by atoms with Gasteiger partial charge in [-0.05, 0) is 17.5 Å². The third-order valence-corrected chi connectivity index (χ3v) is 3.23. The van der Waals surface area contributed by atoms with E-state index in [0.717, 1.165) is 5.56 Å². The lowest BCUT2D eigenvalue weighted by molar-refractivity contribution is 0.180. The molecule has 0 radical (unpaired) electrons. The van der Waals surface area contributed by atoms with Gasteiger partial charge in [0, 0.05) is 22.5 Å². The minimum atomic E-state index is -0.509. The summed E-state index contributed by atoms with van der Waals surface area (Å²) < 4.78 is 0. The lowest BCUT2D eigenvalue weighted by atomic mass is 10.0. The molecule has 0 amide bonds. The maximum absolute atomic E-state index is 10.00. The summed E-state index contributed by atoms with van der Waals surface area (Å²) in [6.07, 6.45) is 0.121. The number of benzene rings is 1. The van der Waals surface area contributed by atoms with Gasteiger partial charge in [-0.1, -0.05) is 24.3 Å². The molecule has 0 saturated heterocycles. The number of anilines is 1. The van der Waals surface area contributed by atoms with Crippen LogP contribution in [0.25, 0.3) is 0 Å². The van der Waals surface area contributed by atoms with Crippen molar-refractivity contribution in [2.24, 2.45) is 0 Å². The van der Waals surface area contributed by atoms with Crippen LogP contribution in [0.15, 0.2) is 41.8 Å². The van der Waals surface area contributed by atoms with Crippen molar-refractivity contribution in [1.82, 2.24) is 0 Å². The Bertz CT molecular complexity index is 425. The summed E-state index contributed by atoms with van der Waals surface area (Å²) in [6, 6.07) is 11.5. The summed E-state index contributed by atoms with van der Waals surface area (Å²) in [5.74, 6) is 0.